The lowest BCUT2D eigenvalue weighted by Crippen LogP contribution is -2.10. The third kappa shape index (κ3) is 7.60. The van der Waals surface area contributed by atoms with E-state index in [4.69, 9.17) is 14.6 Å². The number of carbonyl (C=O) groups is 2. The molecule has 0 fully saturated rings. The first-order valence-electron chi connectivity index (χ1n) is 11.9. The molecule has 0 saturated carbocycles. The molecule has 6 heteroatoms. The number of nitrogens with one attached hydrogen (secondary N) is 1. The van der Waals surface area contributed by atoms with E-state index in [2.05, 4.69) is 19.2 Å². The number of benzene rings is 2. The molecule has 0 heterocycles. The van der Waals surface area contributed by atoms with Crippen molar-refractivity contribution in [1.29, 1.82) is 0 Å². The van der Waals surface area contributed by atoms with Gasteiger partial charge >= 0.3 is 0 Å². The Hall–Kier alpha value is -2.86. The molecule has 0 aromatic heterocycles. The van der Waals surface area contributed by atoms with Crippen molar-refractivity contribution in [3.05, 3.63) is 52.6 Å². The van der Waals surface area contributed by atoms with Gasteiger partial charge in [-0.25, -0.2) is 0 Å². The zero-order valence-electron chi connectivity index (χ0n) is 20.3. The Balaban J connectivity index is 2.02. The summed E-state index contributed by atoms with van der Waals surface area (Å²) in [5.74, 6) is 1.32. The number of ether oxygens (including phenoxy) is 2. The Bertz CT molecular complexity index is 938. The summed E-state index contributed by atoms with van der Waals surface area (Å²) >= 11 is 0. The number of rotatable bonds is 15. The maximum absolute atomic E-state index is 12.1. The van der Waals surface area contributed by atoms with Crippen LogP contribution in [-0.4, -0.2) is 43.0 Å². The number of ketones is 2. The van der Waals surface area contributed by atoms with E-state index >= 15 is 0 Å². The number of aliphatic hydroxyl groups excluding tert-OH is 1. The Morgan fingerprint density at radius 1 is 0.909 bits per heavy atom. The van der Waals surface area contributed by atoms with Gasteiger partial charge in [-0.15, -0.1) is 0 Å². The van der Waals surface area contributed by atoms with E-state index < -0.39 is 6.61 Å². The molecule has 0 unspecified atom stereocenters. The highest BCUT2D eigenvalue weighted by Gasteiger charge is 2.14. The summed E-state index contributed by atoms with van der Waals surface area (Å²) in [5, 5.41) is 12.4. The summed E-state index contributed by atoms with van der Waals surface area (Å²) in [6, 6.07) is 9.19. The van der Waals surface area contributed by atoms with Gasteiger partial charge in [0.25, 0.3) is 0 Å². The zero-order chi connectivity index (χ0) is 24.2. The first-order valence-corrected chi connectivity index (χ1v) is 11.9. The maximum Gasteiger partial charge on any atom is 0.188 e. The molecule has 0 aliphatic carbocycles. The molecule has 0 saturated heterocycles. The fourth-order valence-electron chi connectivity index (χ4n) is 3.72. The van der Waals surface area contributed by atoms with Crippen LogP contribution < -0.4 is 14.8 Å². The van der Waals surface area contributed by atoms with Crippen molar-refractivity contribution < 1.29 is 24.2 Å². The van der Waals surface area contributed by atoms with Crippen LogP contribution in [0.2, 0.25) is 0 Å². The van der Waals surface area contributed by atoms with Gasteiger partial charge in [-0.3, -0.25) is 9.59 Å². The summed E-state index contributed by atoms with van der Waals surface area (Å²) in [6.07, 6.45) is 4.24. The van der Waals surface area contributed by atoms with Crippen molar-refractivity contribution in [2.75, 3.05) is 31.7 Å². The fourth-order valence-corrected chi connectivity index (χ4v) is 3.72. The zero-order valence-corrected chi connectivity index (χ0v) is 20.3. The van der Waals surface area contributed by atoms with Crippen LogP contribution in [0.25, 0.3) is 0 Å². The number of aliphatic hydroxyl groups is 1. The van der Waals surface area contributed by atoms with Crippen molar-refractivity contribution in [2.24, 2.45) is 0 Å². The summed E-state index contributed by atoms with van der Waals surface area (Å²) in [4.78, 5) is 23.8. The van der Waals surface area contributed by atoms with Gasteiger partial charge in [0.05, 0.1) is 13.2 Å². The van der Waals surface area contributed by atoms with E-state index in [0.717, 1.165) is 60.5 Å². The molecule has 33 heavy (non-hydrogen) atoms. The number of anilines is 1. The van der Waals surface area contributed by atoms with E-state index in [1.165, 1.54) is 0 Å². The lowest BCUT2D eigenvalue weighted by molar-refractivity contribution is 0.0903. The molecule has 2 rings (SSSR count). The average Bonchev–Trinajstić information content (AvgIpc) is 2.80. The Kier molecular flexibility index (Phi) is 10.9. The third-order valence-electron chi connectivity index (χ3n) is 5.32. The van der Waals surface area contributed by atoms with Crippen molar-refractivity contribution in [2.45, 2.75) is 59.8 Å². The number of hydrogen-bond donors (Lipinski definition) is 2. The predicted octanol–water partition coefficient (Wildman–Crippen LogP) is 5.25. The number of carbonyl (C=O) groups excluding carboxylic acids is 2. The van der Waals surface area contributed by atoms with E-state index in [1.54, 1.807) is 19.1 Å². The average molecular weight is 456 g/mol. The van der Waals surface area contributed by atoms with Crippen LogP contribution >= 0.6 is 0 Å². The van der Waals surface area contributed by atoms with E-state index in [-0.39, 0.29) is 11.6 Å². The summed E-state index contributed by atoms with van der Waals surface area (Å²) < 4.78 is 12.1. The predicted molar refractivity (Wildman–Crippen MR) is 132 cm³/mol. The minimum atomic E-state index is -0.494. The molecule has 0 bridgehead atoms. The van der Waals surface area contributed by atoms with Gasteiger partial charge < -0.3 is 19.9 Å². The molecular weight excluding hydrogens is 418 g/mol. The van der Waals surface area contributed by atoms with Crippen LogP contribution in [-0.2, 0) is 12.8 Å². The Labute approximate surface area is 197 Å². The number of Topliss-reactive ketones (excluding diaryl/α,β-unsaturated/α-hetero) is 2. The summed E-state index contributed by atoms with van der Waals surface area (Å²) in [7, 11) is 0. The highest BCUT2D eigenvalue weighted by Crippen LogP contribution is 2.29. The number of aryl methyl sites for hydroxylation is 2. The summed E-state index contributed by atoms with van der Waals surface area (Å²) in [6.45, 7) is 8.98. The smallest absolute Gasteiger partial charge is 0.188 e. The second kappa shape index (κ2) is 13.6. The van der Waals surface area contributed by atoms with E-state index in [0.29, 0.717) is 30.8 Å². The molecule has 0 aliphatic rings. The van der Waals surface area contributed by atoms with Crippen LogP contribution in [0.3, 0.4) is 0 Å². The largest absolute Gasteiger partial charge is 0.493 e. The van der Waals surface area contributed by atoms with Crippen LogP contribution in [0.15, 0.2) is 30.3 Å². The lowest BCUT2D eigenvalue weighted by atomic mass is 10.0. The molecule has 2 aromatic carbocycles. The van der Waals surface area contributed by atoms with Crippen molar-refractivity contribution in [3.8, 4) is 11.5 Å². The topological polar surface area (TPSA) is 84.9 Å². The molecule has 0 aliphatic heterocycles. The molecule has 2 N–H and O–H groups in total. The molecular formula is C27H37NO5. The molecule has 6 nitrogen and oxygen atoms in total. The highest BCUT2D eigenvalue weighted by molar-refractivity contribution is 6.00. The first kappa shape index (κ1) is 26.4. The molecule has 180 valence electrons. The minimum absolute atomic E-state index is 0.0397. The van der Waals surface area contributed by atoms with Gasteiger partial charge in [-0.2, -0.15) is 0 Å². The van der Waals surface area contributed by atoms with Gasteiger partial charge in [-0.05, 0) is 62.1 Å². The van der Waals surface area contributed by atoms with Gasteiger partial charge in [0.1, 0.15) is 18.1 Å². The normalized spacial score (nSPS) is 10.7. The highest BCUT2D eigenvalue weighted by atomic mass is 16.5. The van der Waals surface area contributed by atoms with Crippen LogP contribution in [0.4, 0.5) is 5.69 Å². The third-order valence-corrected chi connectivity index (χ3v) is 5.32. The Morgan fingerprint density at radius 2 is 1.55 bits per heavy atom. The van der Waals surface area contributed by atoms with Crippen LogP contribution in [0.1, 0.15) is 78.8 Å². The van der Waals surface area contributed by atoms with Gasteiger partial charge in [0.15, 0.2) is 11.6 Å². The van der Waals surface area contributed by atoms with Gasteiger partial charge in [0, 0.05) is 35.8 Å². The maximum atomic E-state index is 12.1. The van der Waals surface area contributed by atoms with Crippen LogP contribution in [0.5, 0.6) is 11.5 Å². The van der Waals surface area contributed by atoms with Crippen molar-refractivity contribution in [3.63, 3.8) is 0 Å². The molecule has 0 amide bonds. The van der Waals surface area contributed by atoms with Crippen LogP contribution in [0, 0.1) is 0 Å². The standard InChI is InChI=1S/C27H37NO5/c1-5-9-21-15-20(25(31)18-29)11-12-26(21)32-13-8-14-33-27-17-24(28-7-3)23(19(4)30)16-22(27)10-6-2/h11-12,15-17,28-29H,5-10,13-14,18H2,1-4H3. The molecule has 0 spiro atoms. The Morgan fingerprint density at radius 3 is 2.12 bits per heavy atom. The lowest BCUT2D eigenvalue weighted by Gasteiger charge is -2.17. The second-order valence-electron chi connectivity index (χ2n) is 8.05. The van der Waals surface area contributed by atoms with E-state index in [1.807, 2.05) is 25.1 Å². The van der Waals surface area contributed by atoms with Crippen molar-refractivity contribution in [1.82, 2.24) is 0 Å². The monoisotopic (exact) mass is 455 g/mol. The van der Waals surface area contributed by atoms with Gasteiger partial charge in [-0.1, -0.05) is 26.7 Å². The minimum Gasteiger partial charge on any atom is -0.493 e. The molecule has 0 atom stereocenters. The summed E-state index contributed by atoms with van der Waals surface area (Å²) in [5.41, 5.74) is 4.02. The quantitative estimate of drug-likeness (QED) is 0.282. The number of hydrogen-bond acceptors (Lipinski definition) is 6. The van der Waals surface area contributed by atoms with Crippen molar-refractivity contribution >= 4 is 17.3 Å². The first-order chi connectivity index (χ1) is 15.9. The van der Waals surface area contributed by atoms with Gasteiger partial charge in [0.2, 0.25) is 0 Å². The second-order valence-corrected chi connectivity index (χ2v) is 8.05. The van der Waals surface area contributed by atoms with E-state index in [9.17, 15) is 9.59 Å². The molecule has 2 aromatic rings. The SMILES string of the molecule is CCCc1cc(C(=O)CO)ccc1OCCCOc1cc(NCC)c(C(C)=O)cc1CCC. The molecule has 0 radical (unpaired) electrons. The fraction of sp³-hybridized carbons (Fsp3) is 0.481.